The van der Waals surface area contributed by atoms with Gasteiger partial charge in [-0.2, -0.15) is 0 Å². The van der Waals surface area contributed by atoms with Gasteiger partial charge in [0.05, 0.1) is 0 Å². The molecular weight excluding hydrogens is 156 g/mol. The molecule has 0 bridgehead atoms. The number of amides is 1. The topological polar surface area (TPSA) is 61.7 Å². The molecule has 0 spiro atoms. The summed E-state index contributed by atoms with van der Waals surface area (Å²) < 4.78 is 0. The molecule has 1 amide bonds. The SMILES string of the molecule is CCC1C=NC(C)(C(=O)NO)C1. The van der Waals surface area contributed by atoms with Gasteiger partial charge in [-0.1, -0.05) is 6.92 Å². The molecule has 2 unspecified atom stereocenters. The van der Waals surface area contributed by atoms with Gasteiger partial charge in [-0.25, -0.2) is 5.48 Å². The minimum Gasteiger partial charge on any atom is -0.289 e. The number of nitrogens with one attached hydrogen (secondary N) is 1. The van der Waals surface area contributed by atoms with E-state index in [1.807, 2.05) is 0 Å². The van der Waals surface area contributed by atoms with E-state index in [4.69, 9.17) is 5.21 Å². The molecule has 0 radical (unpaired) electrons. The lowest BCUT2D eigenvalue weighted by atomic mass is 9.92. The molecule has 4 nitrogen and oxygen atoms in total. The Labute approximate surface area is 71.6 Å². The maximum Gasteiger partial charge on any atom is 0.270 e. The lowest BCUT2D eigenvalue weighted by Gasteiger charge is -2.18. The van der Waals surface area contributed by atoms with Gasteiger partial charge in [0, 0.05) is 6.21 Å². The molecule has 68 valence electrons. The van der Waals surface area contributed by atoms with E-state index in [9.17, 15) is 4.79 Å². The molecule has 12 heavy (non-hydrogen) atoms. The maximum absolute atomic E-state index is 11.1. The standard InChI is InChI=1S/C8H14N2O2/c1-3-6-4-8(2,9-5-6)7(11)10-12/h5-6,12H,3-4H2,1-2H3,(H,10,11). The van der Waals surface area contributed by atoms with Crippen LogP contribution in [-0.4, -0.2) is 22.9 Å². The predicted molar refractivity (Wildman–Crippen MR) is 45.2 cm³/mol. The second-order valence-electron chi connectivity index (χ2n) is 3.37. The molecule has 0 saturated heterocycles. The summed E-state index contributed by atoms with van der Waals surface area (Å²) in [4.78, 5) is 15.2. The van der Waals surface area contributed by atoms with Gasteiger partial charge in [-0.3, -0.25) is 15.0 Å². The van der Waals surface area contributed by atoms with Gasteiger partial charge in [0.2, 0.25) is 0 Å². The Hall–Kier alpha value is -0.900. The van der Waals surface area contributed by atoms with Crippen LogP contribution in [0.1, 0.15) is 26.7 Å². The average molecular weight is 170 g/mol. The molecule has 0 aromatic rings. The van der Waals surface area contributed by atoms with E-state index in [-0.39, 0.29) is 0 Å². The van der Waals surface area contributed by atoms with Crippen molar-refractivity contribution in [3.63, 3.8) is 0 Å². The molecule has 0 aromatic heterocycles. The molecule has 4 heteroatoms. The van der Waals surface area contributed by atoms with Gasteiger partial charge >= 0.3 is 0 Å². The summed E-state index contributed by atoms with van der Waals surface area (Å²) in [5.41, 5.74) is 0.885. The third-order valence-electron chi connectivity index (χ3n) is 2.35. The quantitative estimate of drug-likeness (QED) is 0.474. The number of aliphatic imine (C=N–C) groups is 1. The summed E-state index contributed by atoms with van der Waals surface area (Å²) in [7, 11) is 0. The summed E-state index contributed by atoms with van der Waals surface area (Å²) in [6.45, 7) is 3.78. The second-order valence-corrected chi connectivity index (χ2v) is 3.37. The average Bonchev–Trinajstić information content (AvgIpc) is 2.47. The van der Waals surface area contributed by atoms with Crippen LogP contribution in [0.15, 0.2) is 4.99 Å². The van der Waals surface area contributed by atoms with Crippen molar-refractivity contribution < 1.29 is 10.0 Å². The Morgan fingerprint density at radius 3 is 3.00 bits per heavy atom. The first-order chi connectivity index (χ1) is 5.62. The van der Waals surface area contributed by atoms with Crippen LogP contribution in [-0.2, 0) is 4.79 Å². The van der Waals surface area contributed by atoms with Crippen molar-refractivity contribution in [2.24, 2.45) is 10.9 Å². The molecule has 1 heterocycles. The minimum atomic E-state index is -0.755. The number of hydrogen-bond acceptors (Lipinski definition) is 3. The maximum atomic E-state index is 11.1. The van der Waals surface area contributed by atoms with E-state index in [0.29, 0.717) is 12.3 Å². The van der Waals surface area contributed by atoms with Crippen molar-refractivity contribution in [1.82, 2.24) is 5.48 Å². The molecule has 0 aliphatic carbocycles. The van der Waals surface area contributed by atoms with Crippen LogP contribution in [0.25, 0.3) is 0 Å². The molecular formula is C8H14N2O2. The van der Waals surface area contributed by atoms with Crippen molar-refractivity contribution in [1.29, 1.82) is 0 Å². The van der Waals surface area contributed by atoms with Crippen LogP contribution in [0.3, 0.4) is 0 Å². The first kappa shape index (κ1) is 9.19. The van der Waals surface area contributed by atoms with Crippen LogP contribution in [0.4, 0.5) is 0 Å². The summed E-state index contributed by atoms with van der Waals surface area (Å²) in [5.74, 6) is -0.0537. The molecule has 2 N–H and O–H groups in total. The Morgan fingerprint density at radius 1 is 1.92 bits per heavy atom. The third-order valence-corrected chi connectivity index (χ3v) is 2.35. The van der Waals surface area contributed by atoms with Gasteiger partial charge in [0.15, 0.2) is 0 Å². The summed E-state index contributed by atoms with van der Waals surface area (Å²) in [5, 5.41) is 8.45. The van der Waals surface area contributed by atoms with E-state index >= 15 is 0 Å². The van der Waals surface area contributed by atoms with Crippen LogP contribution >= 0.6 is 0 Å². The fourth-order valence-corrected chi connectivity index (χ4v) is 1.41. The van der Waals surface area contributed by atoms with E-state index in [2.05, 4.69) is 11.9 Å². The number of nitrogens with zero attached hydrogens (tertiary/aromatic N) is 1. The number of carbonyl (C=O) groups is 1. The molecule has 1 rings (SSSR count). The minimum absolute atomic E-state index is 0.368. The fourth-order valence-electron chi connectivity index (χ4n) is 1.41. The first-order valence-corrected chi connectivity index (χ1v) is 4.12. The number of carbonyl (C=O) groups excluding carboxylic acids is 1. The predicted octanol–water partition coefficient (Wildman–Crippen LogP) is 0.751. The Bertz CT molecular complexity index is 215. The summed E-state index contributed by atoms with van der Waals surface area (Å²) in [6.07, 6.45) is 3.48. The molecule has 0 aromatic carbocycles. The number of hydrogen-bond donors (Lipinski definition) is 2. The van der Waals surface area contributed by atoms with E-state index in [1.165, 1.54) is 0 Å². The van der Waals surface area contributed by atoms with Crippen LogP contribution < -0.4 is 5.48 Å². The molecule has 0 fully saturated rings. The summed E-state index contributed by atoms with van der Waals surface area (Å²) in [6, 6.07) is 0. The fraction of sp³-hybridized carbons (Fsp3) is 0.750. The highest BCUT2D eigenvalue weighted by atomic mass is 16.5. The Kier molecular flexibility index (Phi) is 2.47. The zero-order valence-corrected chi connectivity index (χ0v) is 7.37. The zero-order valence-electron chi connectivity index (χ0n) is 7.37. The summed E-state index contributed by atoms with van der Waals surface area (Å²) >= 11 is 0. The molecule has 1 aliphatic rings. The second kappa shape index (κ2) is 3.23. The van der Waals surface area contributed by atoms with E-state index < -0.39 is 11.4 Å². The smallest absolute Gasteiger partial charge is 0.270 e. The Balaban J connectivity index is 2.66. The van der Waals surface area contributed by atoms with Crippen molar-refractivity contribution in [2.75, 3.05) is 0 Å². The normalized spacial score (nSPS) is 33.8. The zero-order chi connectivity index (χ0) is 9.19. The molecule has 2 atom stereocenters. The third kappa shape index (κ3) is 1.48. The highest BCUT2D eigenvalue weighted by Crippen LogP contribution is 2.28. The van der Waals surface area contributed by atoms with E-state index in [1.54, 1.807) is 18.6 Å². The Morgan fingerprint density at radius 2 is 2.58 bits per heavy atom. The van der Waals surface area contributed by atoms with Gasteiger partial charge in [-0.15, -0.1) is 0 Å². The number of rotatable bonds is 2. The van der Waals surface area contributed by atoms with Gasteiger partial charge in [-0.05, 0) is 25.7 Å². The van der Waals surface area contributed by atoms with Crippen molar-refractivity contribution in [3.05, 3.63) is 0 Å². The lowest BCUT2D eigenvalue weighted by Crippen LogP contribution is -2.40. The highest BCUT2D eigenvalue weighted by molar-refractivity contribution is 5.88. The molecule has 1 aliphatic heterocycles. The number of hydroxylamine groups is 1. The van der Waals surface area contributed by atoms with Crippen molar-refractivity contribution in [2.45, 2.75) is 32.2 Å². The van der Waals surface area contributed by atoms with Gasteiger partial charge in [0.1, 0.15) is 5.54 Å². The van der Waals surface area contributed by atoms with Crippen LogP contribution in [0.2, 0.25) is 0 Å². The first-order valence-electron chi connectivity index (χ1n) is 4.12. The molecule has 0 saturated carbocycles. The van der Waals surface area contributed by atoms with Crippen molar-refractivity contribution in [3.8, 4) is 0 Å². The van der Waals surface area contributed by atoms with Gasteiger partial charge in [0.25, 0.3) is 5.91 Å². The van der Waals surface area contributed by atoms with Crippen LogP contribution in [0, 0.1) is 5.92 Å². The van der Waals surface area contributed by atoms with E-state index in [0.717, 1.165) is 6.42 Å². The lowest BCUT2D eigenvalue weighted by molar-refractivity contribution is -0.134. The largest absolute Gasteiger partial charge is 0.289 e. The monoisotopic (exact) mass is 170 g/mol. The highest BCUT2D eigenvalue weighted by Gasteiger charge is 2.37. The van der Waals surface area contributed by atoms with Crippen molar-refractivity contribution >= 4 is 12.1 Å². The van der Waals surface area contributed by atoms with Crippen LogP contribution in [0.5, 0.6) is 0 Å². The van der Waals surface area contributed by atoms with Gasteiger partial charge < -0.3 is 0 Å².